The monoisotopic (exact) mass is 556 g/mol. The van der Waals surface area contributed by atoms with Gasteiger partial charge in [-0.3, -0.25) is 0 Å². The first-order valence-corrected chi connectivity index (χ1v) is 9.50. The van der Waals surface area contributed by atoms with Gasteiger partial charge in [0.05, 0.1) is 23.0 Å². The van der Waals surface area contributed by atoms with Gasteiger partial charge in [0.2, 0.25) is 5.88 Å². The van der Waals surface area contributed by atoms with Crippen LogP contribution < -0.4 is 15.8 Å². The maximum Gasteiger partial charge on any atom is 0.416 e. The third kappa shape index (κ3) is 6.55. The van der Waals surface area contributed by atoms with Crippen molar-refractivity contribution < 1.29 is 17.9 Å². The lowest BCUT2D eigenvalue weighted by atomic mass is 10.2. The lowest BCUT2D eigenvalue weighted by Gasteiger charge is -2.12. The predicted octanol–water partition coefficient (Wildman–Crippen LogP) is 6.26. The van der Waals surface area contributed by atoms with Gasteiger partial charge in [0.15, 0.2) is 5.82 Å². The summed E-state index contributed by atoms with van der Waals surface area (Å²) in [7, 11) is 0. The number of halogens is 7. The first-order chi connectivity index (χ1) is 14.8. The van der Waals surface area contributed by atoms with Crippen LogP contribution in [0.25, 0.3) is 11.0 Å². The smallest absolute Gasteiger partial charge is 0.416 e. The van der Waals surface area contributed by atoms with Gasteiger partial charge in [0, 0.05) is 19.3 Å². The van der Waals surface area contributed by atoms with E-state index in [1.807, 2.05) is 16.8 Å². The van der Waals surface area contributed by atoms with Crippen LogP contribution in [0.2, 0.25) is 5.02 Å². The van der Waals surface area contributed by atoms with Crippen molar-refractivity contribution in [3.63, 3.8) is 0 Å². The lowest BCUT2D eigenvalue weighted by Crippen LogP contribution is -2.10. The molecule has 0 atom stereocenters. The second kappa shape index (κ2) is 12.3. The molecule has 0 unspecified atom stereocenters. The van der Waals surface area contributed by atoms with Crippen LogP contribution in [0.5, 0.6) is 11.6 Å². The number of alkyl halides is 3. The summed E-state index contributed by atoms with van der Waals surface area (Å²) in [5.74, 6) is 0.487. The number of benzene rings is 1. The normalized spacial score (nSPS) is 10.6. The highest BCUT2D eigenvalue weighted by atomic mass is 35.5. The summed E-state index contributed by atoms with van der Waals surface area (Å²) in [4.78, 5) is 12.6. The number of nitrogens with one attached hydrogen (secondary N) is 1. The highest BCUT2D eigenvalue weighted by molar-refractivity contribution is 6.32. The molecule has 184 valence electrons. The molecule has 0 aliphatic carbocycles. The van der Waals surface area contributed by atoms with Crippen molar-refractivity contribution in [3.05, 3.63) is 65.7 Å². The van der Waals surface area contributed by atoms with E-state index in [0.29, 0.717) is 24.6 Å². The summed E-state index contributed by atoms with van der Waals surface area (Å²) in [6, 6.07) is 7.88. The van der Waals surface area contributed by atoms with Gasteiger partial charge in [0.25, 0.3) is 0 Å². The SMILES string of the molecule is Cl.Cl.Cl.NCCn1ccc2ncnc(Nc3cnc(Oc4cccc(C(F)(F)F)c4)c(Cl)c3)c21. The Morgan fingerprint density at radius 1 is 1.06 bits per heavy atom. The Hall–Kier alpha value is -2.50. The number of rotatable bonds is 6. The van der Waals surface area contributed by atoms with Crippen LogP contribution in [0.4, 0.5) is 24.7 Å². The Labute approximate surface area is 216 Å². The molecule has 0 radical (unpaired) electrons. The van der Waals surface area contributed by atoms with Crippen molar-refractivity contribution >= 4 is 71.4 Å². The van der Waals surface area contributed by atoms with Gasteiger partial charge in [-0.2, -0.15) is 13.2 Å². The number of anilines is 2. The molecule has 0 saturated carbocycles. The molecule has 0 saturated heterocycles. The van der Waals surface area contributed by atoms with E-state index in [2.05, 4.69) is 20.3 Å². The number of nitrogens with two attached hydrogens (primary N) is 1. The molecule has 7 nitrogen and oxygen atoms in total. The Bertz CT molecular complexity index is 1240. The molecule has 4 aromatic rings. The van der Waals surface area contributed by atoms with Crippen molar-refractivity contribution in [3.8, 4) is 11.6 Å². The van der Waals surface area contributed by atoms with Gasteiger partial charge >= 0.3 is 6.18 Å². The fourth-order valence-corrected chi connectivity index (χ4v) is 3.21. The number of aromatic nitrogens is 4. The van der Waals surface area contributed by atoms with E-state index >= 15 is 0 Å². The zero-order valence-electron chi connectivity index (χ0n) is 17.1. The Morgan fingerprint density at radius 2 is 1.82 bits per heavy atom. The van der Waals surface area contributed by atoms with E-state index < -0.39 is 11.7 Å². The van der Waals surface area contributed by atoms with Crippen molar-refractivity contribution in [1.29, 1.82) is 0 Å². The molecule has 3 heterocycles. The van der Waals surface area contributed by atoms with E-state index in [1.54, 1.807) is 6.07 Å². The molecule has 0 fully saturated rings. The highest BCUT2D eigenvalue weighted by Crippen LogP contribution is 2.35. The fraction of sp³-hybridized carbons (Fsp3) is 0.150. The van der Waals surface area contributed by atoms with Gasteiger partial charge in [0.1, 0.15) is 22.6 Å². The van der Waals surface area contributed by atoms with E-state index in [4.69, 9.17) is 22.1 Å². The molecule has 3 aromatic heterocycles. The Balaban J connectivity index is 0.00000193. The fourth-order valence-electron chi connectivity index (χ4n) is 3.00. The minimum Gasteiger partial charge on any atom is -0.438 e. The van der Waals surface area contributed by atoms with Crippen molar-refractivity contribution in [2.45, 2.75) is 12.7 Å². The van der Waals surface area contributed by atoms with Crippen LogP contribution in [0.3, 0.4) is 0 Å². The second-order valence-electron chi connectivity index (χ2n) is 6.52. The van der Waals surface area contributed by atoms with E-state index in [0.717, 1.165) is 23.2 Å². The molecule has 0 aliphatic heterocycles. The third-order valence-electron chi connectivity index (χ3n) is 4.37. The summed E-state index contributed by atoms with van der Waals surface area (Å²) in [5, 5.41) is 3.24. The number of ether oxygens (including phenoxy) is 1. The van der Waals surface area contributed by atoms with E-state index in [9.17, 15) is 13.2 Å². The number of hydrogen-bond donors (Lipinski definition) is 2. The molecular weight excluding hydrogens is 539 g/mol. The van der Waals surface area contributed by atoms with Gasteiger partial charge in [-0.05, 0) is 30.3 Å². The quantitative estimate of drug-likeness (QED) is 0.291. The third-order valence-corrected chi connectivity index (χ3v) is 4.64. The minimum atomic E-state index is -4.48. The maximum atomic E-state index is 12.9. The van der Waals surface area contributed by atoms with Crippen LogP contribution in [0.15, 0.2) is 55.1 Å². The maximum absolute atomic E-state index is 12.9. The van der Waals surface area contributed by atoms with E-state index in [1.165, 1.54) is 24.7 Å². The first kappa shape index (κ1) is 29.5. The van der Waals surface area contributed by atoms with Gasteiger partial charge in [-0.1, -0.05) is 17.7 Å². The van der Waals surface area contributed by atoms with Crippen LogP contribution in [0, 0.1) is 0 Å². The Kier molecular flexibility index (Phi) is 10.7. The summed E-state index contributed by atoms with van der Waals surface area (Å²) < 4.78 is 46.0. The molecule has 4 rings (SSSR count). The van der Waals surface area contributed by atoms with Gasteiger partial charge < -0.3 is 20.4 Å². The number of hydrogen-bond acceptors (Lipinski definition) is 6. The number of pyridine rings is 1. The zero-order valence-corrected chi connectivity index (χ0v) is 20.3. The molecule has 14 heteroatoms. The largest absolute Gasteiger partial charge is 0.438 e. The van der Waals surface area contributed by atoms with E-state index in [-0.39, 0.29) is 53.9 Å². The molecule has 0 aliphatic rings. The van der Waals surface area contributed by atoms with Crippen molar-refractivity contribution in [2.24, 2.45) is 5.73 Å². The molecule has 3 N–H and O–H groups in total. The standard InChI is InChI=1S/C20H16ClF3N6O.3ClH/c21-15-9-13(29-18-17-16(27-11-28-18)4-6-30(17)7-5-25)10-26-19(15)31-14-3-1-2-12(8-14)20(22,23)24;;;/h1-4,6,8-11H,5,7,25H2,(H,27,28,29);3*1H. The first-order valence-electron chi connectivity index (χ1n) is 9.13. The average Bonchev–Trinajstić information content (AvgIpc) is 3.14. The molecule has 34 heavy (non-hydrogen) atoms. The van der Waals surface area contributed by atoms with Crippen molar-refractivity contribution in [2.75, 3.05) is 11.9 Å². The minimum absolute atomic E-state index is 0. The summed E-state index contributed by atoms with van der Waals surface area (Å²) >= 11 is 6.25. The van der Waals surface area contributed by atoms with Crippen LogP contribution in [-0.2, 0) is 12.7 Å². The number of fused-ring (bicyclic) bond motifs is 1. The highest BCUT2D eigenvalue weighted by Gasteiger charge is 2.30. The lowest BCUT2D eigenvalue weighted by molar-refractivity contribution is -0.137. The molecule has 1 aromatic carbocycles. The predicted molar refractivity (Wildman–Crippen MR) is 132 cm³/mol. The summed E-state index contributed by atoms with van der Waals surface area (Å²) in [6.45, 7) is 1.04. The average molecular weight is 558 g/mol. The van der Waals surface area contributed by atoms with Gasteiger partial charge in [-0.25, -0.2) is 15.0 Å². The van der Waals surface area contributed by atoms with Crippen LogP contribution >= 0.6 is 48.8 Å². The van der Waals surface area contributed by atoms with Gasteiger partial charge in [-0.15, -0.1) is 37.2 Å². The molecule has 0 amide bonds. The topological polar surface area (TPSA) is 90.9 Å². The molecule has 0 spiro atoms. The summed E-state index contributed by atoms with van der Waals surface area (Å²) in [5.41, 5.74) is 6.87. The van der Waals surface area contributed by atoms with Crippen LogP contribution in [0.1, 0.15) is 5.56 Å². The second-order valence-corrected chi connectivity index (χ2v) is 6.92. The van der Waals surface area contributed by atoms with Crippen molar-refractivity contribution in [1.82, 2.24) is 19.5 Å². The number of nitrogens with zero attached hydrogens (tertiary/aromatic N) is 4. The van der Waals surface area contributed by atoms with Crippen LogP contribution in [-0.4, -0.2) is 26.1 Å². The summed E-state index contributed by atoms with van der Waals surface area (Å²) in [6.07, 6.45) is 0.264. The molecule has 0 bridgehead atoms. The molecular formula is C20H19Cl4F3N6O. The Morgan fingerprint density at radius 3 is 2.50 bits per heavy atom. The zero-order chi connectivity index (χ0) is 22.0.